The van der Waals surface area contributed by atoms with Gasteiger partial charge in [-0.1, -0.05) is 0 Å². The molecule has 0 saturated heterocycles. The van der Waals surface area contributed by atoms with Crippen molar-refractivity contribution in [3.05, 3.63) is 12.1 Å². The van der Waals surface area contributed by atoms with Crippen molar-refractivity contribution in [3.63, 3.8) is 0 Å². The summed E-state index contributed by atoms with van der Waals surface area (Å²) in [5, 5.41) is 0. The molecular weight excluding hydrogens is 242 g/mol. The van der Waals surface area contributed by atoms with Gasteiger partial charge in [0.2, 0.25) is 5.75 Å². The molecule has 0 aliphatic rings. The topological polar surface area (TPSA) is 30.9 Å². The fourth-order valence-corrected chi connectivity index (χ4v) is 1.80. The van der Waals surface area contributed by atoms with Crippen LogP contribution < -0.4 is 19.1 Å². The lowest BCUT2D eigenvalue weighted by Crippen LogP contribution is -2.19. The SMILES string of the molecule is COc1cc(N(C)CCCl)cc(OC)c1OC. The Morgan fingerprint density at radius 2 is 1.59 bits per heavy atom. The van der Waals surface area contributed by atoms with E-state index in [9.17, 15) is 0 Å². The number of hydrogen-bond donors (Lipinski definition) is 0. The van der Waals surface area contributed by atoms with Gasteiger partial charge in [0.25, 0.3) is 0 Å². The largest absolute Gasteiger partial charge is 0.493 e. The van der Waals surface area contributed by atoms with Crippen molar-refractivity contribution >= 4 is 17.3 Å². The number of hydrogen-bond acceptors (Lipinski definition) is 4. The zero-order valence-electron chi connectivity index (χ0n) is 10.6. The minimum atomic E-state index is 0.563. The molecule has 0 saturated carbocycles. The first kappa shape index (κ1) is 13.8. The summed E-state index contributed by atoms with van der Waals surface area (Å²) >= 11 is 5.72. The van der Waals surface area contributed by atoms with Crippen molar-refractivity contribution in [3.8, 4) is 17.2 Å². The molecule has 0 amide bonds. The average molecular weight is 260 g/mol. The van der Waals surface area contributed by atoms with Gasteiger partial charge in [-0.15, -0.1) is 11.6 Å². The lowest BCUT2D eigenvalue weighted by Gasteiger charge is -2.21. The Kier molecular flexibility index (Phi) is 5.22. The van der Waals surface area contributed by atoms with Crippen LogP contribution in [0.25, 0.3) is 0 Å². The Labute approximate surface area is 107 Å². The minimum absolute atomic E-state index is 0.563. The molecule has 17 heavy (non-hydrogen) atoms. The summed E-state index contributed by atoms with van der Waals surface area (Å²) in [6, 6.07) is 3.79. The summed E-state index contributed by atoms with van der Waals surface area (Å²) in [6.45, 7) is 0.750. The molecule has 0 N–H and O–H groups in total. The average Bonchev–Trinajstić information content (AvgIpc) is 2.37. The molecule has 0 radical (unpaired) electrons. The maximum Gasteiger partial charge on any atom is 0.203 e. The van der Waals surface area contributed by atoms with Crippen molar-refractivity contribution in [1.82, 2.24) is 0 Å². The summed E-state index contributed by atoms with van der Waals surface area (Å²) in [5.41, 5.74) is 0.972. The summed E-state index contributed by atoms with van der Waals surface area (Å²) in [7, 11) is 6.75. The number of nitrogens with zero attached hydrogens (tertiary/aromatic N) is 1. The molecule has 96 valence electrons. The normalized spacial score (nSPS) is 9.94. The molecule has 1 aromatic rings. The maximum atomic E-state index is 5.72. The van der Waals surface area contributed by atoms with Gasteiger partial charge in [0.15, 0.2) is 11.5 Å². The smallest absolute Gasteiger partial charge is 0.203 e. The molecule has 0 unspecified atom stereocenters. The van der Waals surface area contributed by atoms with Crippen LogP contribution in [0.1, 0.15) is 0 Å². The van der Waals surface area contributed by atoms with Crippen LogP contribution in [-0.4, -0.2) is 40.8 Å². The quantitative estimate of drug-likeness (QED) is 0.734. The molecule has 0 heterocycles. The predicted molar refractivity (Wildman–Crippen MR) is 70.1 cm³/mol. The van der Waals surface area contributed by atoms with Gasteiger partial charge in [0.1, 0.15) is 0 Å². The summed E-state index contributed by atoms with van der Waals surface area (Å²) in [5.74, 6) is 2.44. The van der Waals surface area contributed by atoms with Crippen molar-refractivity contribution in [2.24, 2.45) is 0 Å². The standard InChI is InChI=1S/C12H18ClNO3/c1-14(6-5-13)9-7-10(15-2)12(17-4)11(8-9)16-3/h7-8H,5-6H2,1-4H3. The maximum absolute atomic E-state index is 5.72. The molecule has 5 heteroatoms. The Morgan fingerprint density at radius 3 is 1.94 bits per heavy atom. The van der Waals surface area contributed by atoms with Gasteiger partial charge in [0, 0.05) is 37.3 Å². The fourth-order valence-electron chi connectivity index (χ4n) is 1.54. The van der Waals surface area contributed by atoms with Crippen LogP contribution in [0.15, 0.2) is 12.1 Å². The van der Waals surface area contributed by atoms with E-state index in [2.05, 4.69) is 0 Å². The first-order chi connectivity index (χ1) is 8.17. The second-order valence-electron chi connectivity index (χ2n) is 3.49. The van der Waals surface area contributed by atoms with E-state index in [0.717, 1.165) is 12.2 Å². The number of methoxy groups -OCH3 is 3. The highest BCUT2D eigenvalue weighted by Gasteiger charge is 2.14. The summed E-state index contributed by atoms with van der Waals surface area (Å²) in [4.78, 5) is 2.03. The minimum Gasteiger partial charge on any atom is -0.493 e. The summed E-state index contributed by atoms with van der Waals surface area (Å²) in [6.07, 6.45) is 0. The third-order valence-corrected chi connectivity index (χ3v) is 2.68. The third-order valence-electron chi connectivity index (χ3n) is 2.51. The highest BCUT2D eigenvalue weighted by Crippen LogP contribution is 2.40. The number of halogens is 1. The van der Waals surface area contributed by atoms with Gasteiger partial charge in [-0.05, 0) is 0 Å². The highest BCUT2D eigenvalue weighted by atomic mass is 35.5. The van der Waals surface area contributed by atoms with E-state index in [0.29, 0.717) is 23.1 Å². The number of alkyl halides is 1. The number of benzene rings is 1. The molecule has 0 spiro atoms. The Morgan fingerprint density at radius 1 is 1.06 bits per heavy atom. The van der Waals surface area contributed by atoms with Gasteiger partial charge < -0.3 is 19.1 Å². The van der Waals surface area contributed by atoms with Crippen LogP contribution in [0.5, 0.6) is 17.2 Å². The first-order valence-electron chi connectivity index (χ1n) is 5.25. The van der Waals surface area contributed by atoms with Gasteiger partial charge in [0.05, 0.1) is 21.3 Å². The van der Waals surface area contributed by atoms with Crippen LogP contribution in [0.2, 0.25) is 0 Å². The van der Waals surface area contributed by atoms with Gasteiger partial charge >= 0.3 is 0 Å². The van der Waals surface area contributed by atoms with Gasteiger partial charge in [-0.2, -0.15) is 0 Å². The van der Waals surface area contributed by atoms with Crippen molar-refractivity contribution in [2.45, 2.75) is 0 Å². The van der Waals surface area contributed by atoms with Gasteiger partial charge in [-0.25, -0.2) is 0 Å². The molecule has 0 atom stereocenters. The molecule has 4 nitrogen and oxygen atoms in total. The highest BCUT2D eigenvalue weighted by molar-refractivity contribution is 6.18. The van der Waals surface area contributed by atoms with Crippen molar-refractivity contribution < 1.29 is 14.2 Å². The molecule has 1 rings (SSSR count). The zero-order valence-corrected chi connectivity index (χ0v) is 11.4. The van der Waals surface area contributed by atoms with Crippen LogP contribution in [0.3, 0.4) is 0 Å². The van der Waals surface area contributed by atoms with E-state index in [1.165, 1.54) is 0 Å². The molecule has 0 fully saturated rings. The molecule has 0 bridgehead atoms. The fraction of sp³-hybridized carbons (Fsp3) is 0.500. The van der Waals surface area contributed by atoms with Crippen LogP contribution >= 0.6 is 11.6 Å². The van der Waals surface area contributed by atoms with Crippen LogP contribution in [0.4, 0.5) is 5.69 Å². The van der Waals surface area contributed by atoms with E-state index in [1.54, 1.807) is 21.3 Å². The van der Waals surface area contributed by atoms with Crippen LogP contribution in [-0.2, 0) is 0 Å². The number of rotatable bonds is 6. The zero-order chi connectivity index (χ0) is 12.8. The summed E-state index contributed by atoms with van der Waals surface area (Å²) < 4.78 is 15.8. The number of anilines is 1. The molecule has 0 aliphatic heterocycles. The van der Waals surface area contributed by atoms with E-state index >= 15 is 0 Å². The monoisotopic (exact) mass is 259 g/mol. The second kappa shape index (κ2) is 6.45. The van der Waals surface area contributed by atoms with E-state index in [1.807, 2.05) is 24.1 Å². The third kappa shape index (κ3) is 3.09. The molecule has 0 aliphatic carbocycles. The molecule has 0 aromatic heterocycles. The Hall–Kier alpha value is -1.29. The van der Waals surface area contributed by atoms with Crippen molar-refractivity contribution in [1.29, 1.82) is 0 Å². The molecular formula is C12H18ClNO3. The second-order valence-corrected chi connectivity index (χ2v) is 3.87. The Bertz CT molecular complexity index is 346. The van der Waals surface area contributed by atoms with Gasteiger partial charge in [-0.3, -0.25) is 0 Å². The lowest BCUT2D eigenvalue weighted by molar-refractivity contribution is 0.324. The molecule has 1 aromatic carbocycles. The first-order valence-corrected chi connectivity index (χ1v) is 5.78. The van der Waals surface area contributed by atoms with Crippen molar-refractivity contribution in [2.75, 3.05) is 45.7 Å². The lowest BCUT2D eigenvalue weighted by atomic mass is 10.2. The van der Waals surface area contributed by atoms with Crippen LogP contribution in [0, 0.1) is 0 Å². The van der Waals surface area contributed by atoms with E-state index in [4.69, 9.17) is 25.8 Å². The predicted octanol–water partition coefficient (Wildman–Crippen LogP) is 2.39. The van der Waals surface area contributed by atoms with E-state index in [-0.39, 0.29) is 0 Å². The number of ether oxygens (including phenoxy) is 3. The Balaban J connectivity index is 3.17. The van der Waals surface area contributed by atoms with E-state index < -0.39 is 0 Å².